The number of aryl methyl sites for hydroxylation is 1. The Bertz CT molecular complexity index is 985. The first-order valence-electron chi connectivity index (χ1n) is 9.49. The number of pyridine rings is 1. The van der Waals surface area contributed by atoms with Gasteiger partial charge in [0.15, 0.2) is 0 Å². The number of anilines is 2. The number of carbonyl (C=O) groups is 1. The normalized spacial score (nSPS) is 19.2. The minimum atomic E-state index is 0.0575. The Balaban J connectivity index is 1.23. The second-order valence-electron chi connectivity index (χ2n) is 7.96. The molecule has 0 N–H and O–H groups in total. The summed E-state index contributed by atoms with van der Waals surface area (Å²) in [6, 6.07) is 13.6. The van der Waals surface area contributed by atoms with Crippen molar-refractivity contribution in [3.63, 3.8) is 0 Å². The number of ether oxygens (including phenoxy) is 1. The van der Waals surface area contributed by atoms with Gasteiger partial charge in [-0.3, -0.25) is 4.90 Å². The van der Waals surface area contributed by atoms with E-state index in [1.807, 2.05) is 47.1 Å². The molecule has 4 heterocycles. The number of nitriles is 1. The molecule has 7 nitrogen and oxygen atoms in total. The SMILES string of the molecule is Cc1ccc2c(c1)OCCN2C(=O)N1CC2(C1)CN(c1cccc(C#N)n1)C2. The molecule has 0 aliphatic carbocycles. The lowest BCUT2D eigenvalue weighted by Crippen LogP contribution is -2.74. The maximum absolute atomic E-state index is 13.0. The van der Waals surface area contributed by atoms with Crippen molar-refractivity contribution in [2.45, 2.75) is 6.92 Å². The zero-order chi connectivity index (χ0) is 19.3. The Hall–Kier alpha value is -3.27. The van der Waals surface area contributed by atoms with E-state index in [0.29, 0.717) is 18.8 Å². The first-order chi connectivity index (χ1) is 13.6. The van der Waals surface area contributed by atoms with Crippen molar-refractivity contribution in [2.75, 3.05) is 49.1 Å². The summed E-state index contributed by atoms with van der Waals surface area (Å²) in [6.07, 6.45) is 0. The van der Waals surface area contributed by atoms with Crippen LogP contribution in [0.15, 0.2) is 36.4 Å². The minimum Gasteiger partial charge on any atom is -0.490 e. The molecular weight excluding hydrogens is 354 g/mol. The fraction of sp³-hybridized carbons (Fsp3) is 0.381. The zero-order valence-electron chi connectivity index (χ0n) is 15.8. The highest BCUT2D eigenvalue weighted by Gasteiger charge is 2.54. The van der Waals surface area contributed by atoms with Gasteiger partial charge >= 0.3 is 6.03 Å². The maximum atomic E-state index is 13.0. The summed E-state index contributed by atoms with van der Waals surface area (Å²) in [5.41, 5.74) is 2.57. The number of aromatic nitrogens is 1. The standard InChI is InChI=1S/C21H21N5O2/c1-15-5-6-17-18(9-15)28-8-7-26(17)20(27)25-13-21(14-25)11-24(12-21)19-4-2-3-16(10-22)23-19/h2-6,9H,7-8,11-14H2,1H3. The number of hydrogen-bond donors (Lipinski definition) is 0. The molecular formula is C21H21N5O2. The van der Waals surface area contributed by atoms with Crippen LogP contribution in [0.2, 0.25) is 0 Å². The monoisotopic (exact) mass is 375 g/mol. The van der Waals surface area contributed by atoms with E-state index in [4.69, 9.17) is 10.00 Å². The molecule has 5 rings (SSSR count). The molecule has 0 bridgehead atoms. The number of likely N-dealkylation sites (tertiary alicyclic amines) is 1. The van der Waals surface area contributed by atoms with Gasteiger partial charge in [-0.1, -0.05) is 12.1 Å². The van der Waals surface area contributed by atoms with Crippen molar-refractivity contribution in [1.82, 2.24) is 9.88 Å². The number of nitrogens with zero attached hydrogens (tertiary/aromatic N) is 5. The summed E-state index contributed by atoms with van der Waals surface area (Å²) in [6.45, 7) is 6.39. The lowest BCUT2D eigenvalue weighted by atomic mass is 9.73. The van der Waals surface area contributed by atoms with Gasteiger partial charge in [0.1, 0.15) is 29.9 Å². The van der Waals surface area contributed by atoms with Gasteiger partial charge in [-0.2, -0.15) is 5.26 Å². The summed E-state index contributed by atoms with van der Waals surface area (Å²) >= 11 is 0. The average molecular weight is 375 g/mol. The molecule has 1 aromatic heterocycles. The van der Waals surface area contributed by atoms with Crippen LogP contribution in [0.5, 0.6) is 5.75 Å². The van der Waals surface area contributed by atoms with Crippen LogP contribution >= 0.6 is 0 Å². The second-order valence-corrected chi connectivity index (χ2v) is 7.96. The summed E-state index contributed by atoms with van der Waals surface area (Å²) < 4.78 is 5.72. The predicted molar refractivity (Wildman–Crippen MR) is 105 cm³/mol. The molecule has 3 aliphatic rings. The van der Waals surface area contributed by atoms with Gasteiger partial charge in [0, 0.05) is 31.6 Å². The van der Waals surface area contributed by atoms with Gasteiger partial charge in [0.2, 0.25) is 0 Å². The Morgan fingerprint density at radius 3 is 2.82 bits per heavy atom. The number of hydrogen-bond acceptors (Lipinski definition) is 5. The lowest BCUT2D eigenvalue weighted by molar-refractivity contribution is 0.00928. The van der Waals surface area contributed by atoms with Crippen LogP contribution in [0.25, 0.3) is 0 Å². The number of benzene rings is 1. The Labute approximate surface area is 163 Å². The van der Waals surface area contributed by atoms with Crippen molar-refractivity contribution in [2.24, 2.45) is 5.41 Å². The van der Waals surface area contributed by atoms with Crippen molar-refractivity contribution >= 4 is 17.5 Å². The van der Waals surface area contributed by atoms with E-state index >= 15 is 0 Å². The van der Waals surface area contributed by atoms with Gasteiger partial charge in [-0.25, -0.2) is 9.78 Å². The highest BCUT2D eigenvalue weighted by atomic mass is 16.5. The topological polar surface area (TPSA) is 72.7 Å². The molecule has 2 aromatic rings. The molecule has 0 saturated carbocycles. The van der Waals surface area contributed by atoms with E-state index in [1.165, 1.54) is 0 Å². The van der Waals surface area contributed by atoms with E-state index in [0.717, 1.165) is 49.0 Å². The van der Waals surface area contributed by atoms with Crippen LogP contribution in [0, 0.1) is 23.7 Å². The number of amides is 2. The largest absolute Gasteiger partial charge is 0.490 e. The highest BCUT2D eigenvalue weighted by molar-refractivity contribution is 5.94. The quantitative estimate of drug-likeness (QED) is 0.765. The average Bonchev–Trinajstić information content (AvgIpc) is 2.65. The molecule has 2 amide bonds. The summed E-state index contributed by atoms with van der Waals surface area (Å²) in [5.74, 6) is 1.63. The number of carbonyl (C=O) groups excluding carboxylic acids is 1. The molecule has 0 atom stereocenters. The van der Waals surface area contributed by atoms with E-state index in [-0.39, 0.29) is 11.4 Å². The lowest BCUT2D eigenvalue weighted by Gasteiger charge is -2.60. The molecule has 2 saturated heterocycles. The third-order valence-electron chi connectivity index (χ3n) is 5.76. The molecule has 0 radical (unpaired) electrons. The van der Waals surface area contributed by atoms with Crippen LogP contribution in [-0.2, 0) is 0 Å². The van der Waals surface area contributed by atoms with E-state index in [9.17, 15) is 4.79 Å². The third-order valence-corrected chi connectivity index (χ3v) is 5.76. The molecule has 0 unspecified atom stereocenters. The van der Waals surface area contributed by atoms with Crippen LogP contribution in [-0.4, -0.2) is 55.2 Å². The second kappa shape index (κ2) is 6.13. The van der Waals surface area contributed by atoms with Gasteiger partial charge in [-0.15, -0.1) is 0 Å². The number of fused-ring (bicyclic) bond motifs is 1. The number of rotatable bonds is 1. The van der Waals surface area contributed by atoms with Gasteiger partial charge in [0.25, 0.3) is 0 Å². The van der Waals surface area contributed by atoms with E-state index in [1.54, 1.807) is 6.07 Å². The first-order valence-corrected chi connectivity index (χ1v) is 9.49. The van der Waals surface area contributed by atoms with Crippen LogP contribution < -0.4 is 14.5 Å². The molecule has 28 heavy (non-hydrogen) atoms. The molecule has 3 aliphatic heterocycles. The van der Waals surface area contributed by atoms with Crippen molar-refractivity contribution in [1.29, 1.82) is 5.26 Å². The fourth-order valence-electron chi connectivity index (χ4n) is 4.38. The van der Waals surface area contributed by atoms with Crippen molar-refractivity contribution < 1.29 is 9.53 Å². The summed E-state index contributed by atoms with van der Waals surface area (Å²) in [5, 5.41) is 9.01. The molecule has 2 fully saturated rings. The molecule has 1 spiro atoms. The zero-order valence-corrected chi connectivity index (χ0v) is 15.8. The molecule has 7 heteroatoms. The summed E-state index contributed by atoms with van der Waals surface area (Å²) in [7, 11) is 0. The Morgan fingerprint density at radius 1 is 1.21 bits per heavy atom. The van der Waals surface area contributed by atoms with Gasteiger partial charge < -0.3 is 14.5 Å². The Kier molecular flexibility index (Phi) is 3.69. The highest BCUT2D eigenvalue weighted by Crippen LogP contribution is 2.43. The van der Waals surface area contributed by atoms with Crippen LogP contribution in [0.1, 0.15) is 11.3 Å². The van der Waals surface area contributed by atoms with E-state index in [2.05, 4.69) is 16.0 Å². The molecule has 1 aromatic carbocycles. The van der Waals surface area contributed by atoms with Gasteiger partial charge in [-0.05, 0) is 36.8 Å². The van der Waals surface area contributed by atoms with Crippen LogP contribution in [0.4, 0.5) is 16.3 Å². The summed E-state index contributed by atoms with van der Waals surface area (Å²) in [4.78, 5) is 23.3. The maximum Gasteiger partial charge on any atom is 0.324 e. The fourth-order valence-corrected chi connectivity index (χ4v) is 4.38. The smallest absolute Gasteiger partial charge is 0.324 e. The predicted octanol–water partition coefficient (Wildman–Crippen LogP) is 2.40. The van der Waals surface area contributed by atoms with Gasteiger partial charge in [0.05, 0.1) is 12.2 Å². The van der Waals surface area contributed by atoms with Crippen molar-refractivity contribution in [3.05, 3.63) is 47.7 Å². The molecule has 142 valence electrons. The number of urea groups is 1. The minimum absolute atomic E-state index is 0.0575. The van der Waals surface area contributed by atoms with E-state index < -0.39 is 0 Å². The van der Waals surface area contributed by atoms with Crippen LogP contribution in [0.3, 0.4) is 0 Å². The Morgan fingerprint density at radius 2 is 2.04 bits per heavy atom. The third kappa shape index (κ3) is 2.64. The first kappa shape index (κ1) is 16.9. The van der Waals surface area contributed by atoms with Crippen molar-refractivity contribution in [3.8, 4) is 11.8 Å².